The molecule has 164 valence electrons. The molecule has 2 aromatic carbocycles. The van der Waals surface area contributed by atoms with Gasteiger partial charge in [-0.1, -0.05) is 18.9 Å². The van der Waals surface area contributed by atoms with Crippen LogP contribution in [0.25, 0.3) is 0 Å². The number of nitrogens with one attached hydrogen (secondary N) is 2. The lowest BCUT2D eigenvalue weighted by atomic mass is 10.2. The maximum Gasteiger partial charge on any atom is 0.255 e. The van der Waals surface area contributed by atoms with E-state index in [-0.39, 0.29) is 41.9 Å². The first-order valence-corrected chi connectivity index (χ1v) is 12.7. The third kappa shape index (κ3) is 5.28. The number of sulfonamides is 1. The van der Waals surface area contributed by atoms with Crippen molar-refractivity contribution in [2.75, 3.05) is 25.0 Å². The first-order chi connectivity index (χ1) is 14.9. The van der Waals surface area contributed by atoms with Crippen molar-refractivity contribution in [2.24, 2.45) is 0 Å². The van der Waals surface area contributed by atoms with Gasteiger partial charge >= 0.3 is 0 Å². The van der Waals surface area contributed by atoms with Gasteiger partial charge in [-0.15, -0.1) is 11.8 Å². The van der Waals surface area contributed by atoms with Gasteiger partial charge in [0.1, 0.15) is 0 Å². The molecule has 1 aliphatic carbocycles. The van der Waals surface area contributed by atoms with Gasteiger partial charge in [0.05, 0.1) is 11.4 Å². The zero-order chi connectivity index (χ0) is 21.8. The monoisotopic (exact) mass is 459 g/mol. The number of rotatable bonds is 6. The van der Waals surface area contributed by atoms with E-state index in [0.29, 0.717) is 10.9 Å². The summed E-state index contributed by atoms with van der Waals surface area (Å²) in [7, 11) is -3.85. The summed E-state index contributed by atoms with van der Waals surface area (Å²) in [6.07, 6.45) is 5.10. The SMILES string of the molecule is O=C1CN(S(=O)(=O)c2cccc(C(=O)Nc3ccc(SC4CCCC4)cc3)c2)CCN1. The summed E-state index contributed by atoms with van der Waals surface area (Å²) < 4.78 is 26.8. The molecule has 0 unspecified atom stereocenters. The Balaban J connectivity index is 1.43. The number of thioether (sulfide) groups is 1. The van der Waals surface area contributed by atoms with Crippen molar-refractivity contribution in [1.29, 1.82) is 0 Å². The molecule has 2 N–H and O–H groups in total. The standard InChI is InChI=1S/C22H25N3O4S2/c26-21-15-25(13-12-23-21)31(28,29)20-7-3-4-16(14-20)22(27)24-17-8-10-19(11-9-17)30-18-5-1-2-6-18/h3-4,7-11,14,18H,1-2,5-6,12-13,15H2,(H,23,26)(H,24,27). The van der Waals surface area contributed by atoms with Crippen LogP contribution in [0.4, 0.5) is 5.69 Å². The molecule has 0 bridgehead atoms. The van der Waals surface area contributed by atoms with Crippen LogP contribution in [-0.2, 0) is 14.8 Å². The molecule has 1 saturated carbocycles. The lowest BCUT2D eigenvalue weighted by Gasteiger charge is -2.26. The second-order valence-corrected chi connectivity index (χ2v) is 11.0. The third-order valence-electron chi connectivity index (χ3n) is 5.45. The first kappa shape index (κ1) is 21.9. The zero-order valence-corrected chi connectivity index (χ0v) is 18.7. The quantitative estimate of drug-likeness (QED) is 0.692. The van der Waals surface area contributed by atoms with E-state index in [1.54, 1.807) is 6.07 Å². The van der Waals surface area contributed by atoms with Gasteiger partial charge in [-0.05, 0) is 55.3 Å². The van der Waals surface area contributed by atoms with Crippen LogP contribution in [-0.4, -0.2) is 49.4 Å². The van der Waals surface area contributed by atoms with Crippen molar-refractivity contribution in [3.05, 3.63) is 54.1 Å². The molecule has 9 heteroatoms. The fraction of sp³-hybridized carbons (Fsp3) is 0.364. The molecule has 4 rings (SSSR count). The molecule has 1 saturated heterocycles. The van der Waals surface area contributed by atoms with Crippen LogP contribution in [0.15, 0.2) is 58.3 Å². The molecule has 7 nitrogen and oxygen atoms in total. The van der Waals surface area contributed by atoms with Crippen molar-refractivity contribution in [3.8, 4) is 0 Å². The van der Waals surface area contributed by atoms with Crippen LogP contribution in [0.2, 0.25) is 0 Å². The molecule has 2 fully saturated rings. The predicted molar refractivity (Wildman–Crippen MR) is 121 cm³/mol. The fourth-order valence-corrected chi connectivity index (χ4v) is 6.48. The summed E-state index contributed by atoms with van der Waals surface area (Å²) in [5, 5.41) is 6.11. The van der Waals surface area contributed by atoms with Gasteiger partial charge in [0, 0.05) is 34.5 Å². The van der Waals surface area contributed by atoms with Crippen molar-refractivity contribution in [1.82, 2.24) is 9.62 Å². The van der Waals surface area contributed by atoms with Crippen LogP contribution in [0.3, 0.4) is 0 Å². The van der Waals surface area contributed by atoms with Gasteiger partial charge in [0.25, 0.3) is 5.91 Å². The van der Waals surface area contributed by atoms with Crippen LogP contribution in [0.1, 0.15) is 36.0 Å². The van der Waals surface area contributed by atoms with Gasteiger partial charge in [-0.2, -0.15) is 4.31 Å². The minimum atomic E-state index is -3.85. The van der Waals surface area contributed by atoms with Crippen LogP contribution < -0.4 is 10.6 Å². The Morgan fingerprint density at radius 1 is 1.10 bits per heavy atom. The fourth-order valence-electron chi connectivity index (χ4n) is 3.79. The molecular formula is C22H25N3O4S2. The largest absolute Gasteiger partial charge is 0.354 e. The minimum absolute atomic E-state index is 0.00170. The number of piperazine rings is 1. The van der Waals surface area contributed by atoms with Crippen LogP contribution in [0.5, 0.6) is 0 Å². The molecule has 0 radical (unpaired) electrons. The Morgan fingerprint density at radius 2 is 1.84 bits per heavy atom. The van der Waals surface area contributed by atoms with Gasteiger partial charge in [0.2, 0.25) is 15.9 Å². The maximum atomic E-state index is 12.9. The van der Waals surface area contributed by atoms with Crippen molar-refractivity contribution in [3.63, 3.8) is 0 Å². The summed E-state index contributed by atoms with van der Waals surface area (Å²) in [6.45, 7) is 0.257. The Morgan fingerprint density at radius 3 is 2.55 bits per heavy atom. The van der Waals surface area contributed by atoms with E-state index in [1.807, 2.05) is 36.0 Å². The molecule has 1 heterocycles. The molecule has 1 aliphatic heterocycles. The lowest BCUT2D eigenvalue weighted by molar-refractivity contribution is -0.122. The Kier molecular flexibility index (Phi) is 6.64. The van der Waals surface area contributed by atoms with Gasteiger partial charge < -0.3 is 10.6 Å². The zero-order valence-electron chi connectivity index (χ0n) is 17.0. The van der Waals surface area contributed by atoms with E-state index >= 15 is 0 Å². The average molecular weight is 460 g/mol. The number of carbonyl (C=O) groups is 2. The molecule has 31 heavy (non-hydrogen) atoms. The minimum Gasteiger partial charge on any atom is -0.354 e. The number of hydrogen-bond acceptors (Lipinski definition) is 5. The molecule has 2 aromatic rings. The van der Waals surface area contributed by atoms with Gasteiger partial charge in [-0.25, -0.2) is 8.42 Å². The van der Waals surface area contributed by atoms with E-state index in [0.717, 1.165) is 4.31 Å². The van der Waals surface area contributed by atoms with E-state index < -0.39 is 10.0 Å². The normalized spacial score (nSPS) is 18.0. The molecular weight excluding hydrogens is 434 g/mol. The van der Waals surface area contributed by atoms with Crippen molar-refractivity contribution in [2.45, 2.75) is 40.7 Å². The average Bonchev–Trinajstić information content (AvgIpc) is 3.28. The molecule has 0 atom stereocenters. The predicted octanol–water partition coefficient (Wildman–Crippen LogP) is 3.09. The number of nitrogens with zero attached hydrogens (tertiary/aromatic N) is 1. The highest BCUT2D eigenvalue weighted by molar-refractivity contribution is 8.00. The number of carbonyl (C=O) groups excluding carboxylic acids is 2. The highest BCUT2D eigenvalue weighted by atomic mass is 32.2. The van der Waals surface area contributed by atoms with Crippen molar-refractivity contribution >= 4 is 39.3 Å². The molecule has 2 amide bonds. The van der Waals surface area contributed by atoms with Crippen LogP contribution >= 0.6 is 11.8 Å². The Bertz CT molecular complexity index is 1060. The van der Waals surface area contributed by atoms with Crippen molar-refractivity contribution < 1.29 is 18.0 Å². The summed E-state index contributed by atoms with van der Waals surface area (Å²) in [4.78, 5) is 25.4. The van der Waals surface area contributed by atoms with Gasteiger partial charge in [0.15, 0.2) is 0 Å². The van der Waals surface area contributed by atoms with E-state index in [4.69, 9.17) is 0 Å². The Hall–Kier alpha value is -2.36. The molecule has 2 aliphatic rings. The number of amides is 2. The highest BCUT2D eigenvalue weighted by Crippen LogP contribution is 2.35. The van der Waals surface area contributed by atoms with E-state index in [9.17, 15) is 18.0 Å². The number of hydrogen-bond donors (Lipinski definition) is 2. The first-order valence-electron chi connectivity index (χ1n) is 10.4. The molecule has 0 aromatic heterocycles. The smallest absolute Gasteiger partial charge is 0.255 e. The van der Waals surface area contributed by atoms with E-state index in [2.05, 4.69) is 10.6 Å². The summed E-state index contributed by atoms with van der Waals surface area (Å²) >= 11 is 1.88. The van der Waals surface area contributed by atoms with Crippen LogP contribution in [0, 0.1) is 0 Å². The lowest BCUT2D eigenvalue weighted by Crippen LogP contribution is -2.49. The second-order valence-electron chi connectivity index (χ2n) is 7.72. The Labute approximate surface area is 186 Å². The summed E-state index contributed by atoms with van der Waals surface area (Å²) in [5.41, 5.74) is 0.897. The number of anilines is 1. The highest BCUT2D eigenvalue weighted by Gasteiger charge is 2.29. The topological polar surface area (TPSA) is 95.6 Å². The molecule has 0 spiro atoms. The summed E-state index contributed by atoms with van der Waals surface area (Å²) in [6, 6.07) is 13.6. The number of benzene rings is 2. The maximum absolute atomic E-state index is 12.9. The van der Waals surface area contributed by atoms with Gasteiger partial charge in [-0.3, -0.25) is 9.59 Å². The van der Waals surface area contributed by atoms with E-state index in [1.165, 1.54) is 48.8 Å². The summed E-state index contributed by atoms with van der Waals surface area (Å²) in [5.74, 6) is -0.720. The third-order valence-corrected chi connectivity index (χ3v) is 8.64. The second kappa shape index (κ2) is 9.42.